The normalized spacial score (nSPS) is 11.3. The van der Waals surface area contributed by atoms with Crippen molar-refractivity contribution in [3.8, 4) is 0 Å². The highest BCUT2D eigenvalue weighted by Crippen LogP contribution is 2.02. The summed E-state index contributed by atoms with van der Waals surface area (Å²) in [4.78, 5) is 15.8. The first-order valence-electron chi connectivity index (χ1n) is 5.48. The Bertz CT molecular complexity index is 556. The van der Waals surface area contributed by atoms with Crippen molar-refractivity contribution in [3.63, 3.8) is 0 Å². The Morgan fingerprint density at radius 3 is 2.83 bits per heavy atom. The maximum atomic E-state index is 11.7. The summed E-state index contributed by atoms with van der Waals surface area (Å²) in [5.41, 5.74) is 4.39. The summed E-state index contributed by atoms with van der Waals surface area (Å²) in [7, 11) is 0. The maximum absolute atomic E-state index is 11.7. The van der Waals surface area contributed by atoms with E-state index in [1.807, 2.05) is 6.92 Å². The number of hydrazone groups is 1. The summed E-state index contributed by atoms with van der Waals surface area (Å²) in [6.07, 6.45) is 3.07. The lowest BCUT2D eigenvalue weighted by Crippen LogP contribution is -2.19. The number of carbonyl (C=O) groups is 1. The number of amides is 1. The molecule has 0 bridgehead atoms. The number of hydrogen-bond acceptors (Lipinski definition) is 4. The predicted octanol–water partition coefficient (Wildman–Crippen LogP) is 2.14. The van der Waals surface area contributed by atoms with Gasteiger partial charge in [-0.1, -0.05) is 0 Å². The van der Waals surface area contributed by atoms with Crippen molar-refractivity contribution in [2.75, 3.05) is 0 Å². The van der Waals surface area contributed by atoms with E-state index in [4.69, 9.17) is 4.42 Å². The highest BCUT2D eigenvalue weighted by molar-refractivity contribution is 5.99. The van der Waals surface area contributed by atoms with Gasteiger partial charge in [0, 0.05) is 11.9 Å². The van der Waals surface area contributed by atoms with Gasteiger partial charge in [0.15, 0.2) is 0 Å². The van der Waals surface area contributed by atoms with Crippen molar-refractivity contribution in [1.29, 1.82) is 0 Å². The van der Waals surface area contributed by atoms with Crippen LogP contribution < -0.4 is 5.43 Å². The number of furan rings is 1. The van der Waals surface area contributed by atoms with Crippen LogP contribution in [-0.4, -0.2) is 16.6 Å². The molecule has 0 atom stereocenters. The second kappa shape index (κ2) is 5.27. The zero-order valence-electron chi connectivity index (χ0n) is 10.2. The topological polar surface area (TPSA) is 67.5 Å². The van der Waals surface area contributed by atoms with Crippen molar-refractivity contribution in [3.05, 3.63) is 53.7 Å². The maximum Gasteiger partial charge on any atom is 0.272 e. The Labute approximate surface area is 105 Å². The minimum Gasteiger partial charge on any atom is -0.463 e. The highest BCUT2D eigenvalue weighted by Gasteiger charge is 2.05. The van der Waals surface area contributed by atoms with Crippen LogP contribution in [0.4, 0.5) is 0 Å². The van der Waals surface area contributed by atoms with E-state index in [9.17, 15) is 4.79 Å². The third kappa shape index (κ3) is 2.82. The fourth-order valence-electron chi connectivity index (χ4n) is 1.34. The monoisotopic (exact) mass is 243 g/mol. The van der Waals surface area contributed by atoms with E-state index in [1.165, 1.54) is 6.20 Å². The Kier molecular flexibility index (Phi) is 3.52. The number of aryl methyl sites for hydroxylation is 1. The molecule has 0 spiro atoms. The summed E-state index contributed by atoms with van der Waals surface area (Å²) in [6, 6.07) is 7.02. The minimum atomic E-state index is -0.298. The number of nitrogens with one attached hydrogen (secondary N) is 1. The van der Waals surface area contributed by atoms with E-state index in [0.29, 0.717) is 17.0 Å². The van der Waals surface area contributed by atoms with Gasteiger partial charge in [0.05, 0.1) is 11.8 Å². The van der Waals surface area contributed by atoms with Gasteiger partial charge in [0.25, 0.3) is 5.91 Å². The first kappa shape index (κ1) is 12.0. The van der Waals surface area contributed by atoms with Gasteiger partial charge in [-0.2, -0.15) is 5.10 Å². The lowest BCUT2D eigenvalue weighted by molar-refractivity contribution is 0.0954. The molecule has 0 radical (unpaired) electrons. The van der Waals surface area contributed by atoms with Gasteiger partial charge in [-0.3, -0.25) is 9.78 Å². The summed E-state index contributed by atoms with van der Waals surface area (Å²) < 4.78 is 5.15. The van der Waals surface area contributed by atoms with E-state index in [0.717, 1.165) is 5.69 Å². The molecule has 0 aliphatic heterocycles. The molecular weight excluding hydrogens is 230 g/mol. The molecule has 2 aromatic heterocycles. The molecule has 1 N–H and O–H groups in total. The number of pyridine rings is 1. The smallest absolute Gasteiger partial charge is 0.272 e. The molecule has 0 unspecified atom stereocenters. The summed E-state index contributed by atoms with van der Waals surface area (Å²) in [5.74, 6) is 0.325. The Morgan fingerprint density at radius 1 is 1.39 bits per heavy atom. The number of hydrogen-bond donors (Lipinski definition) is 1. The summed E-state index contributed by atoms with van der Waals surface area (Å²) in [5, 5.41) is 3.96. The number of nitrogens with zero attached hydrogens (tertiary/aromatic N) is 2. The van der Waals surface area contributed by atoms with Crippen molar-refractivity contribution in [2.45, 2.75) is 13.8 Å². The summed E-state index contributed by atoms with van der Waals surface area (Å²) in [6.45, 7) is 3.62. The SMILES string of the molecule is C/C(=N\NC(=O)c1ccc(C)nc1)c1ccco1. The lowest BCUT2D eigenvalue weighted by Gasteiger charge is -2.01. The average Bonchev–Trinajstić information content (AvgIpc) is 2.90. The lowest BCUT2D eigenvalue weighted by atomic mass is 10.2. The van der Waals surface area contributed by atoms with Crippen molar-refractivity contribution >= 4 is 11.6 Å². The average molecular weight is 243 g/mol. The van der Waals surface area contributed by atoms with Gasteiger partial charge >= 0.3 is 0 Å². The number of carbonyl (C=O) groups excluding carboxylic acids is 1. The van der Waals surface area contributed by atoms with Crippen LogP contribution in [0.3, 0.4) is 0 Å². The van der Waals surface area contributed by atoms with Gasteiger partial charge in [-0.25, -0.2) is 5.43 Å². The summed E-state index contributed by atoms with van der Waals surface area (Å²) >= 11 is 0. The number of aromatic nitrogens is 1. The molecule has 2 heterocycles. The van der Waals surface area contributed by atoms with Crippen LogP contribution >= 0.6 is 0 Å². The molecule has 92 valence electrons. The third-order valence-electron chi connectivity index (χ3n) is 2.38. The standard InChI is InChI=1S/C13H13N3O2/c1-9-5-6-11(8-14-9)13(17)16-15-10(2)12-4-3-7-18-12/h3-8H,1-2H3,(H,16,17)/b15-10+. The molecule has 5 heteroatoms. The van der Waals surface area contributed by atoms with E-state index < -0.39 is 0 Å². The molecule has 0 saturated heterocycles. The Balaban J connectivity index is 2.04. The van der Waals surface area contributed by atoms with Gasteiger partial charge in [-0.05, 0) is 38.1 Å². The molecule has 0 aliphatic rings. The zero-order valence-corrected chi connectivity index (χ0v) is 10.2. The van der Waals surface area contributed by atoms with Crippen molar-refractivity contribution in [1.82, 2.24) is 10.4 Å². The van der Waals surface area contributed by atoms with Crippen LogP contribution in [0.25, 0.3) is 0 Å². The van der Waals surface area contributed by atoms with Crippen LogP contribution in [0.5, 0.6) is 0 Å². The van der Waals surface area contributed by atoms with E-state index in [2.05, 4.69) is 15.5 Å². The first-order chi connectivity index (χ1) is 8.66. The molecule has 0 aliphatic carbocycles. The first-order valence-corrected chi connectivity index (χ1v) is 5.48. The van der Waals surface area contributed by atoms with Crippen LogP contribution in [0.1, 0.15) is 28.7 Å². The molecule has 18 heavy (non-hydrogen) atoms. The van der Waals surface area contributed by atoms with E-state index in [-0.39, 0.29) is 5.91 Å². The van der Waals surface area contributed by atoms with Gasteiger partial charge in [-0.15, -0.1) is 0 Å². The second-order valence-corrected chi connectivity index (χ2v) is 3.80. The van der Waals surface area contributed by atoms with E-state index in [1.54, 1.807) is 37.5 Å². The Morgan fingerprint density at radius 2 is 2.22 bits per heavy atom. The van der Waals surface area contributed by atoms with Gasteiger partial charge in [0.1, 0.15) is 11.5 Å². The van der Waals surface area contributed by atoms with Crippen molar-refractivity contribution < 1.29 is 9.21 Å². The van der Waals surface area contributed by atoms with E-state index >= 15 is 0 Å². The number of rotatable bonds is 3. The van der Waals surface area contributed by atoms with Crippen LogP contribution in [-0.2, 0) is 0 Å². The van der Waals surface area contributed by atoms with Crippen LogP contribution in [0.2, 0.25) is 0 Å². The molecule has 1 amide bonds. The molecule has 5 nitrogen and oxygen atoms in total. The minimum absolute atomic E-state index is 0.298. The zero-order chi connectivity index (χ0) is 13.0. The van der Waals surface area contributed by atoms with Crippen LogP contribution in [0, 0.1) is 6.92 Å². The van der Waals surface area contributed by atoms with Gasteiger partial charge in [0.2, 0.25) is 0 Å². The third-order valence-corrected chi connectivity index (χ3v) is 2.38. The largest absolute Gasteiger partial charge is 0.463 e. The molecule has 2 aromatic rings. The van der Waals surface area contributed by atoms with Crippen molar-refractivity contribution in [2.24, 2.45) is 5.10 Å². The molecular formula is C13H13N3O2. The highest BCUT2D eigenvalue weighted by atomic mass is 16.3. The predicted molar refractivity (Wildman–Crippen MR) is 67.4 cm³/mol. The molecule has 0 aromatic carbocycles. The Hall–Kier alpha value is -2.43. The second-order valence-electron chi connectivity index (χ2n) is 3.80. The van der Waals surface area contributed by atoms with Gasteiger partial charge < -0.3 is 4.42 Å². The fraction of sp³-hybridized carbons (Fsp3) is 0.154. The molecule has 0 saturated carbocycles. The molecule has 0 fully saturated rings. The fourth-order valence-corrected chi connectivity index (χ4v) is 1.34. The molecule has 2 rings (SSSR count). The quantitative estimate of drug-likeness (QED) is 0.663. The van der Waals surface area contributed by atoms with Crippen LogP contribution in [0.15, 0.2) is 46.2 Å².